The van der Waals surface area contributed by atoms with Crippen LogP contribution < -0.4 is 0 Å². The summed E-state index contributed by atoms with van der Waals surface area (Å²) in [6.07, 6.45) is 4.81. The number of halogens is 1. The average molecular weight is 395 g/mol. The molecule has 4 rings (SSSR count). The van der Waals surface area contributed by atoms with Crippen LogP contribution in [-0.4, -0.2) is 53.4 Å². The van der Waals surface area contributed by atoms with Crippen LogP contribution in [0.4, 0.5) is 0 Å². The topological polar surface area (TPSA) is 58.4 Å². The maximum atomic E-state index is 13.0. The fourth-order valence-corrected chi connectivity index (χ4v) is 5.38. The average Bonchev–Trinajstić information content (AvgIpc) is 3.23. The SMILES string of the molecule is Cn1c(Cl)cnc1CN1CCN(S(=O)(=O)c2ccc3c(c2)CCC3)CC1. The van der Waals surface area contributed by atoms with Crippen molar-refractivity contribution in [3.05, 3.63) is 46.5 Å². The standard InChI is InChI=1S/C18H23ClN4O2S/c1-21-17(19)12-20-18(21)13-22-7-9-23(10-8-22)26(24,25)16-6-5-14-3-2-4-15(14)11-16/h5-6,11-12H,2-4,7-10,13H2,1H3. The van der Waals surface area contributed by atoms with Crippen LogP contribution >= 0.6 is 11.6 Å². The second-order valence-electron chi connectivity index (χ2n) is 7.02. The predicted molar refractivity (Wildman–Crippen MR) is 101 cm³/mol. The van der Waals surface area contributed by atoms with Crippen molar-refractivity contribution >= 4 is 21.6 Å². The number of rotatable bonds is 4. The molecule has 0 N–H and O–H groups in total. The lowest BCUT2D eigenvalue weighted by Crippen LogP contribution is -2.48. The zero-order valence-electron chi connectivity index (χ0n) is 14.9. The summed E-state index contributed by atoms with van der Waals surface area (Å²) >= 11 is 6.03. The Morgan fingerprint density at radius 1 is 1.12 bits per heavy atom. The van der Waals surface area contributed by atoms with E-state index >= 15 is 0 Å². The van der Waals surface area contributed by atoms with Crippen LogP contribution in [0.1, 0.15) is 23.4 Å². The molecule has 140 valence electrons. The van der Waals surface area contributed by atoms with Crippen LogP contribution in [0.3, 0.4) is 0 Å². The molecule has 6 nitrogen and oxygen atoms in total. The number of sulfonamides is 1. The molecule has 0 atom stereocenters. The number of piperazine rings is 1. The Morgan fingerprint density at radius 3 is 2.54 bits per heavy atom. The Labute approximate surface area is 159 Å². The molecule has 1 aromatic carbocycles. The lowest BCUT2D eigenvalue weighted by molar-refractivity contribution is 0.177. The van der Waals surface area contributed by atoms with E-state index in [0.29, 0.717) is 42.8 Å². The fraction of sp³-hybridized carbons (Fsp3) is 0.500. The van der Waals surface area contributed by atoms with Gasteiger partial charge in [0.25, 0.3) is 0 Å². The zero-order chi connectivity index (χ0) is 18.3. The van der Waals surface area contributed by atoms with Gasteiger partial charge in [0.1, 0.15) is 11.0 Å². The maximum absolute atomic E-state index is 13.0. The van der Waals surface area contributed by atoms with E-state index < -0.39 is 10.0 Å². The van der Waals surface area contributed by atoms with Crippen LogP contribution in [0, 0.1) is 0 Å². The molecular formula is C18H23ClN4O2S. The van der Waals surface area contributed by atoms with Crippen molar-refractivity contribution in [2.24, 2.45) is 7.05 Å². The van der Waals surface area contributed by atoms with Gasteiger partial charge in [0.05, 0.1) is 17.6 Å². The van der Waals surface area contributed by atoms with E-state index in [1.807, 2.05) is 23.7 Å². The van der Waals surface area contributed by atoms with Crippen molar-refractivity contribution < 1.29 is 8.42 Å². The van der Waals surface area contributed by atoms with Crippen molar-refractivity contribution in [1.82, 2.24) is 18.8 Å². The summed E-state index contributed by atoms with van der Waals surface area (Å²) in [5, 5.41) is 0.609. The molecule has 1 saturated heterocycles. The minimum Gasteiger partial charge on any atom is -0.321 e. The van der Waals surface area contributed by atoms with Crippen LogP contribution in [0.15, 0.2) is 29.3 Å². The number of aryl methyl sites for hydroxylation is 2. The van der Waals surface area contributed by atoms with Gasteiger partial charge in [-0.1, -0.05) is 17.7 Å². The first-order chi connectivity index (χ1) is 12.4. The number of benzene rings is 1. The van der Waals surface area contributed by atoms with Gasteiger partial charge in [-0.05, 0) is 42.5 Å². The highest BCUT2D eigenvalue weighted by Gasteiger charge is 2.29. The summed E-state index contributed by atoms with van der Waals surface area (Å²) in [4.78, 5) is 6.96. The molecule has 1 aromatic heterocycles. The summed E-state index contributed by atoms with van der Waals surface area (Å²) in [6.45, 7) is 3.05. The minimum absolute atomic E-state index is 0.433. The van der Waals surface area contributed by atoms with Gasteiger partial charge >= 0.3 is 0 Å². The highest BCUT2D eigenvalue weighted by molar-refractivity contribution is 7.89. The van der Waals surface area contributed by atoms with Gasteiger partial charge in [-0.25, -0.2) is 13.4 Å². The molecular weight excluding hydrogens is 372 g/mol. The van der Waals surface area contributed by atoms with Crippen molar-refractivity contribution in [2.45, 2.75) is 30.7 Å². The second kappa shape index (κ2) is 6.96. The molecule has 2 aliphatic rings. The molecule has 0 unspecified atom stereocenters. The van der Waals surface area contributed by atoms with Crippen molar-refractivity contribution in [3.8, 4) is 0 Å². The third kappa shape index (κ3) is 3.29. The molecule has 0 radical (unpaired) electrons. The van der Waals surface area contributed by atoms with Gasteiger partial charge in [0.15, 0.2) is 0 Å². The van der Waals surface area contributed by atoms with E-state index in [0.717, 1.165) is 25.1 Å². The van der Waals surface area contributed by atoms with Gasteiger partial charge in [-0.15, -0.1) is 0 Å². The van der Waals surface area contributed by atoms with Gasteiger partial charge in [-0.3, -0.25) is 4.90 Å². The van der Waals surface area contributed by atoms with Gasteiger partial charge in [0, 0.05) is 33.2 Å². The molecule has 26 heavy (non-hydrogen) atoms. The monoisotopic (exact) mass is 394 g/mol. The third-order valence-corrected chi connectivity index (χ3v) is 7.68. The highest BCUT2D eigenvalue weighted by atomic mass is 35.5. The largest absolute Gasteiger partial charge is 0.321 e. The van der Waals surface area contributed by atoms with Crippen LogP contribution in [0.2, 0.25) is 5.15 Å². The lowest BCUT2D eigenvalue weighted by Gasteiger charge is -2.33. The fourth-order valence-electron chi connectivity index (χ4n) is 3.76. The Balaban J connectivity index is 1.43. The van der Waals surface area contributed by atoms with E-state index in [1.54, 1.807) is 16.6 Å². The smallest absolute Gasteiger partial charge is 0.243 e. The first-order valence-corrected chi connectivity index (χ1v) is 10.8. The first-order valence-electron chi connectivity index (χ1n) is 8.95. The summed E-state index contributed by atoms with van der Waals surface area (Å²) < 4.78 is 29.4. The number of imidazole rings is 1. The Morgan fingerprint density at radius 2 is 1.85 bits per heavy atom. The first kappa shape index (κ1) is 18.0. The summed E-state index contributed by atoms with van der Waals surface area (Å²) in [5.74, 6) is 0.893. The Bertz CT molecular complexity index is 917. The quantitative estimate of drug-likeness (QED) is 0.796. The van der Waals surface area contributed by atoms with Crippen molar-refractivity contribution in [3.63, 3.8) is 0 Å². The third-order valence-electron chi connectivity index (χ3n) is 5.43. The van der Waals surface area contributed by atoms with E-state index in [1.165, 1.54) is 11.1 Å². The highest BCUT2D eigenvalue weighted by Crippen LogP contribution is 2.27. The molecule has 0 amide bonds. The van der Waals surface area contributed by atoms with Crippen LogP contribution in [0.5, 0.6) is 0 Å². The molecule has 1 fully saturated rings. The Kier molecular flexibility index (Phi) is 4.81. The number of nitrogens with zero attached hydrogens (tertiary/aromatic N) is 4. The molecule has 0 saturated carbocycles. The van der Waals surface area contributed by atoms with Gasteiger partial charge in [-0.2, -0.15) is 4.31 Å². The summed E-state index contributed by atoms with van der Waals surface area (Å²) in [5.41, 5.74) is 2.49. The molecule has 8 heteroatoms. The molecule has 0 spiro atoms. The van der Waals surface area contributed by atoms with E-state index in [9.17, 15) is 8.42 Å². The molecule has 2 heterocycles. The van der Waals surface area contributed by atoms with Gasteiger partial charge < -0.3 is 4.57 Å². The van der Waals surface area contributed by atoms with E-state index in [2.05, 4.69) is 9.88 Å². The van der Waals surface area contributed by atoms with Crippen molar-refractivity contribution in [2.75, 3.05) is 26.2 Å². The van der Waals surface area contributed by atoms with Crippen LogP contribution in [-0.2, 0) is 36.5 Å². The summed E-state index contributed by atoms with van der Waals surface area (Å²) in [7, 11) is -1.53. The number of hydrogen-bond donors (Lipinski definition) is 0. The van der Waals surface area contributed by atoms with E-state index in [4.69, 9.17) is 11.6 Å². The Hall–Kier alpha value is -1.41. The number of fused-ring (bicyclic) bond motifs is 1. The van der Waals surface area contributed by atoms with Crippen molar-refractivity contribution in [1.29, 1.82) is 0 Å². The van der Waals surface area contributed by atoms with Crippen LogP contribution in [0.25, 0.3) is 0 Å². The van der Waals surface area contributed by atoms with E-state index in [-0.39, 0.29) is 0 Å². The normalized spacial score (nSPS) is 19.0. The molecule has 2 aromatic rings. The van der Waals surface area contributed by atoms with Gasteiger partial charge in [0.2, 0.25) is 10.0 Å². The summed E-state index contributed by atoms with van der Waals surface area (Å²) in [6, 6.07) is 5.62. The predicted octanol–water partition coefficient (Wildman–Crippen LogP) is 2.07. The molecule has 1 aliphatic carbocycles. The second-order valence-corrected chi connectivity index (χ2v) is 9.35. The number of hydrogen-bond acceptors (Lipinski definition) is 4. The maximum Gasteiger partial charge on any atom is 0.243 e. The lowest BCUT2D eigenvalue weighted by atomic mass is 10.1. The zero-order valence-corrected chi connectivity index (χ0v) is 16.4. The number of aromatic nitrogens is 2. The molecule has 1 aliphatic heterocycles. The minimum atomic E-state index is -3.42. The molecule has 0 bridgehead atoms.